The third-order valence-corrected chi connectivity index (χ3v) is 1.19. The standard InChI is InChI=1S/C3H9N3O2S/c1-9(7,8)6-2-3(4)5/h6H,2H2,1H3,(H3,4,5). The largest absolute Gasteiger partial charge is 0.387 e. The summed E-state index contributed by atoms with van der Waals surface area (Å²) in [4.78, 5) is 0. The second-order valence-electron chi connectivity index (χ2n) is 1.62. The molecule has 5 nitrogen and oxygen atoms in total. The van der Waals surface area contributed by atoms with Gasteiger partial charge in [0.1, 0.15) is 5.84 Å². The molecule has 0 aliphatic heterocycles. The molecule has 0 amide bonds. The van der Waals surface area contributed by atoms with E-state index in [1.54, 1.807) is 0 Å². The Hall–Kier alpha value is -0.620. The van der Waals surface area contributed by atoms with Crippen molar-refractivity contribution in [2.75, 3.05) is 12.8 Å². The average molecular weight is 151 g/mol. The van der Waals surface area contributed by atoms with Crippen LogP contribution in [0, 0.1) is 5.41 Å². The third-order valence-electron chi connectivity index (χ3n) is 0.525. The third kappa shape index (κ3) is 7.38. The molecular formula is C3H9N3O2S. The predicted molar refractivity (Wildman–Crippen MR) is 34.8 cm³/mol. The topological polar surface area (TPSA) is 96.0 Å². The van der Waals surface area contributed by atoms with E-state index in [4.69, 9.17) is 11.1 Å². The Balaban J connectivity index is 3.67. The summed E-state index contributed by atoms with van der Waals surface area (Å²) in [6.45, 7) is -0.112. The van der Waals surface area contributed by atoms with E-state index < -0.39 is 10.0 Å². The SMILES string of the molecule is CS(=O)(=O)NCC(=N)N. The molecule has 4 N–H and O–H groups in total. The minimum absolute atomic E-state index is 0.112. The highest BCUT2D eigenvalue weighted by molar-refractivity contribution is 7.88. The Bertz CT molecular complexity index is 195. The highest BCUT2D eigenvalue weighted by atomic mass is 32.2. The molecule has 9 heavy (non-hydrogen) atoms. The molecule has 0 heterocycles. The Morgan fingerprint density at radius 3 is 2.33 bits per heavy atom. The van der Waals surface area contributed by atoms with Crippen molar-refractivity contribution in [3.05, 3.63) is 0 Å². The van der Waals surface area contributed by atoms with Crippen molar-refractivity contribution in [2.24, 2.45) is 5.73 Å². The summed E-state index contributed by atoms with van der Waals surface area (Å²) < 4.78 is 22.6. The molecule has 0 fully saturated rings. The van der Waals surface area contributed by atoms with E-state index in [1.807, 2.05) is 4.72 Å². The molecule has 0 saturated heterocycles. The lowest BCUT2D eigenvalue weighted by atomic mass is 10.6. The van der Waals surface area contributed by atoms with Gasteiger partial charge < -0.3 is 5.73 Å². The van der Waals surface area contributed by atoms with Gasteiger partial charge in [-0.15, -0.1) is 0 Å². The first kappa shape index (κ1) is 8.38. The number of amidine groups is 1. The van der Waals surface area contributed by atoms with Crippen LogP contribution in [-0.4, -0.2) is 27.1 Å². The van der Waals surface area contributed by atoms with E-state index in [9.17, 15) is 8.42 Å². The minimum atomic E-state index is -3.19. The summed E-state index contributed by atoms with van der Waals surface area (Å²) in [6.07, 6.45) is 1.01. The van der Waals surface area contributed by atoms with Crippen LogP contribution in [0.2, 0.25) is 0 Å². The second-order valence-corrected chi connectivity index (χ2v) is 3.45. The molecule has 0 aromatic heterocycles. The molecule has 0 saturated carbocycles. The fourth-order valence-corrected chi connectivity index (χ4v) is 0.627. The van der Waals surface area contributed by atoms with Gasteiger partial charge in [-0.25, -0.2) is 13.1 Å². The molecule has 0 radical (unpaired) electrons. The molecule has 0 unspecified atom stereocenters. The first-order chi connectivity index (χ1) is 3.92. The maximum Gasteiger partial charge on any atom is 0.209 e. The summed E-state index contributed by atoms with van der Waals surface area (Å²) in [5.41, 5.74) is 4.86. The van der Waals surface area contributed by atoms with Gasteiger partial charge in [0.2, 0.25) is 10.0 Å². The lowest BCUT2D eigenvalue weighted by Crippen LogP contribution is -2.31. The van der Waals surface area contributed by atoms with E-state index >= 15 is 0 Å². The molecule has 0 bridgehead atoms. The lowest BCUT2D eigenvalue weighted by molar-refractivity contribution is 0.592. The Labute approximate surface area is 53.8 Å². The van der Waals surface area contributed by atoms with Crippen LogP contribution in [0.15, 0.2) is 0 Å². The fourth-order valence-electron chi connectivity index (χ4n) is 0.209. The number of sulfonamides is 1. The highest BCUT2D eigenvalue weighted by Gasteiger charge is 1.98. The van der Waals surface area contributed by atoms with Crippen LogP contribution in [0.4, 0.5) is 0 Å². The van der Waals surface area contributed by atoms with Crippen molar-refractivity contribution in [3.63, 3.8) is 0 Å². The van der Waals surface area contributed by atoms with Crippen molar-refractivity contribution in [1.82, 2.24) is 4.72 Å². The molecule has 0 rings (SSSR count). The van der Waals surface area contributed by atoms with Crippen molar-refractivity contribution in [3.8, 4) is 0 Å². The summed E-state index contributed by atoms with van der Waals surface area (Å²) in [5, 5.41) is 6.63. The summed E-state index contributed by atoms with van der Waals surface area (Å²) in [6, 6.07) is 0. The van der Waals surface area contributed by atoms with E-state index in [-0.39, 0.29) is 12.4 Å². The van der Waals surface area contributed by atoms with Crippen LogP contribution in [0.3, 0.4) is 0 Å². The number of hydrogen-bond donors (Lipinski definition) is 3. The molecule has 54 valence electrons. The second kappa shape index (κ2) is 2.79. The molecule has 0 aliphatic rings. The number of rotatable bonds is 3. The van der Waals surface area contributed by atoms with Gasteiger partial charge >= 0.3 is 0 Å². The van der Waals surface area contributed by atoms with Gasteiger partial charge in [0.05, 0.1) is 12.8 Å². The Morgan fingerprint density at radius 1 is 1.78 bits per heavy atom. The minimum Gasteiger partial charge on any atom is -0.387 e. The van der Waals surface area contributed by atoms with E-state index in [0.717, 1.165) is 6.26 Å². The van der Waals surface area contributed by atoms with Crippen molar-refractivity contribution >= 4 is 15.9 Å². The summed E-state index contributed by atoms with van der Waals surface area (Å²) in [5.74, 6) is -0.194. The zero-order valence-corrected chi connectivity index (χ0v) is 5.83. The van der Waals surface area contributed by atoms with E-state index in [2.05, 4.69) is 0 Å². The normalized spacial score (nSPS) is 11.2. The lowest BCUT2D eigenvalue weighted by Gasteiger charge is -1.97. The predicted octanol–water partition coefficient (Wildman–Crippen LogP) is -1.53. The number of nitrogens with one attached hydrogen (secondary N) is 2. The fraction of sp³-hybridized carbons (Fsp3) is 0.667. The smallest absolute Gasteiger partial charge is 0.209 e. The molecule has 0 atom stereocenters. The van der Waals surface area contributed by atoms with Gasteiger partial charge in [-0.3, -0.25) is 5.41 Å². The molecule has 0 aliphatic carbocycles. The molecule has 0 spiro atoms. The number of hydrogen-bond acceptors (Lipinski definition) is 3. The summed E-state index contributed by atoms with van der Waals surface area (Å²) in [7, 11) is -3.19. The maximum atomic E-state index is 10.3. The van der Waals surface area contributed by atoms with Gasteiger partial charge in [0.25, 0.3) is 0 Å². The van der Waals surface area contributed by atoms with Crippen LogP contribution < -0.4 is 10.5 Å². The van der Waals surface area contributed by atoms with Crippen LogP contribution in [0.1, 0.15) is 0 Å². The average Bonchev–Trinajstić information content (AvgIpc) is 1.59. The first-order valence-electron chi connectivity index (χ1n) is 2.19. The van der Waals surface area contributed by atoms with Gasteiger partial charge in [0, 0.05) is 0 Å². The monoisotopic (exact) mass is 151 g/mol. The highest BCUT2D eigenvalue weighted by Crippen LogP contribution is 1.69. The molecule has 0 aromatic rings. The molecular weight excluding hydrogens is 142 g/mol. The van der Waals surface area contributed by atoms with Crippen LogP contribution in [0.25, 0.3) is 0 Å². The van der Waals surface area contributed by atoms with Crippen molar-refractivity contribution in [1.29, 1.82) is 5.41 Å². The van der Waals surface area contributed by atoms with Gasteiger partial charge in [0.15, 0.2) is 0 Å². The Morgan fingerprint density at radius 2 is 2.22 bits per heavy atom. The Kier molecular flexibility index (Phi) is 2.60. The van der Waals surface area contributed by atoms with Crippen LogP contribution in [0.5, 0.6) is 0 Å². The molecule has 6 heteroatoms. The van der Waals surface area contributed by atoms with Crippen molar-refractivity contribution in [2.45, 2.75) is 0 Å². The van der Waals surface area contributed by atoms with Gasteiger partial charge in [-0.1, -0.05) is 0 Å². The van der Waals surface area contributed by atoms with E-state index in [0.29, 0.717) is 0 Å². The van der Waals surface area contributed by atoms with E-state index in [1.165, 1.54) is 0 Å². The van der Waals surface area contributed by atoms with Crippen LogP contribution in [-0.2, 0) is 10.0 Å². The van der Waals surface area contributed by atoms with Crippen molar-refractivity contribution < 1.29 is 8.42 Å². The van der Waals surface area contributed by atoms with Crippen LogP contribution >= 0.6 is 0 Å². The molecule has 0 aromatic carbocycles. The zero-order valence-electron chi connectivity index (χ0n) is 5.01. The first-order valence-corrected chi connectivity index (χ1v) is 4.08. The van der Waals surface area contributed by atoms with Gasteiger partial charge in [-0.2, -0.15) is 0 Å². The summed E-state index contributed by atoms with van der Waals surface area (Å²) >= 11 is 0. The zero-order chi connectivity index (χ0) is 7.49. The quantitative estimate of drug-likeness (QED) is 0.337. The number of nitrogens with two attached hydrogens (primary N) is 1. The maximum absolute atomic E-state index is 10.3. The van der Waals surface area contributed by atoms with Gasteiger partial charge in [-0.05, 0) is 0 Å².